The van der Waals surface area contributed by atoms with Gasteiger partial charge in [0.1, 0.15) is 30.2 Å². The van der Waals surface area contributed by atoms with E-state index in [9.17, 15) is 9.90 Å². The van der Waals surface area contributed by atoms with Gasteiger partial charge >= 0.3 is 13.2 Å². The number of fused-ring (bicyclic) bond motifs is 2. The van der Waals surface area contributed by atoms with E-state index in [1.54, 1.807) is 31.7 Å². The van der Waals surface area contributed by atoms with Gasteiger partial charge < -0.3 is 23.9 Å². The highest BCUT2D eigenvalue weighted by atomic mass is 16.7. The molecule has 0 saturated carbocycles. The SMILES string of the molecule is CCB1O[C@@H]2[C@H](O1)[C@@H](CO)O[C@H]2n1cnc2c(NC(=O)OC(C)(C)C)ncnc21. The van der Waals surface area contributed by atoms with Crippen LogP contribution >= 0.6 is 0 Å². The minimum absolute atomic E-state index is 0.190. The molecule has 2 aromatic heterocycles. The lowest BCUT2D eigenvalue weighted by atomic mass is 9.87. The third kappa shape index (κ3) is 3.80. The summed E-state index contributed by atoms with van der Waals surface area (Å²) in [5.41, 5.74) is 0.200. The lowest BCUT2D eigenvalue weighted by Crippen LogP contribution is -2.31. The second-order valence-corrected chi connectivity index (χ2v) is 7.96. The fraction of sp³-hybridized carbons (Fsp3) is 0.647. The van der Waals surface area contributed by atoms with Gasteiger partial charge in [0, 0.05) is 0 Å². The highest BCUT2D eigenvalue weighted by Gasteiger charge is 2.54. The Morgan fingerprint density at radius 3 is 2.76 bits per heavy atom. The smallest absolute Gasteiger partial charge is 0.444 e. The summed E-state index contributed by atoms with van der Waals surface area (Å²) < 4.78 is 24.7. The van der Waals surface area contributed by atoms with Crippen molar-refractivity contribution in [2.24, 2.45) is 0 Å². The molecule has 2 fully saturated rings. The molecule has 4 atom stereocenters. The summed E-state index contributed by atoms with van der Waals surface area (Å²) in [7, 11) is -0.348. The zero-order valence-corrected chi connectivity index (χ0v) is 16.7. The normalized spacial score (nSPS) is 26.7. The van der Waals surface area contributed by atoms with Gasteiger partial charge in [-0.3, -0.25) is 9.88 Å². The van der Waals surface area contributed by atoms with E-state index < -0.39 is 30.1 Å². The molecule has 29 heavy (non-hydrogen) atoms. The van der Waals surface area contributed by atoms with Crippen molar-refractivity contribution < 1.29 is 28.7 Å². The monoisotopic (exact) mass is 405 g/mol. The van der Waals surface area contributed by atoms with Crippen LogP contribution in [0.15, 0.2) is 12.7 Å². The maximum atomic E-state index is 12.1. The first-order valence-electron chi connectivity index (χ1n) is 9.55. The Morgan fingerprint density at radius 2 is 2.07 bits per heavy atom. The van der Waals surface area contributed by atoms with Crippen molar-refractivity contribution in [3.05, 3.63) is 12.7 Å². The number of nitrogens with one attached hydrogen (secondary N) is 1. The summed E-state index contributed by atoms with van der Waals surface area (Å²) in [5, 5.41) is 12.3. The number of amides is 1. The van der Waals surface area contributed by atoms with Crippen LogP contribution in [0.5, 0.6) is 0 Å². The Kier molecular flexibility index (Phi) is 5.19. The zero-order chi connectivity index (χ0) is 20.8. The maximum absolute atomic E-state index is 12.1. The molecule has 0 spiro atoms. The standard InChI is InChI=1S/C17H24BN5O6/c1-5-18-28-11-9(6-24)26-15(12(11)29-18)23-8-21-10-13(19-7-20-14(10)23)22-16(25)27-17(2,3)4/h7-9,11-12,15,24H,5-6H2,1-4H3,(H,19,20,22,25)/t9-,11-,12-,15-/m1/s1. The van der Waals surface area contributed by atoms with Crippen molar-refractivity contribution in [1.29, 1.82) is 0 Å². The summed E-state index contributed by atoms with van der Waals surface area (Å²) in [6.07, 6.45) is 1.04. The average Bonchev–Trinajstić information content (AvgIpc) is 3.32. The van der Waals surface area contributed by atoms with Gasteiger partial charge in [0.2, 0.25) is 0 Å². The number of rotatable bonds is 4. The van der Waals surface area contributed by atoms with Crippen molar-refractivity contribution in [1.82, 2.24) is 19.5 Å². The lowest BCUT2D eigenvalue weighted by molar-refractivity contribution is -0.0578. The van der Waals surface area contributed by atoms with Gasteiger partial charge in [-0.15, -0.1) is 0 Å². The number of aliphatic hydroxyl groups excluding tert-OH is 1. The summed E-state index contributed by atoms with van der Waals surface area (Å²) in [4.78, 5) is 24.9. The minimum Gasteiger partial charge on any atom is -0.444 e. The number of aromatic nitrogens is 4. The minimum atomic E-state index is -0.642. The highest BCUT2D eigenvalue weighted by molar-refractivity contribution is 6.45. The van der Waals surface area contributed by atoms with Gasteiger partial charge in [-0.2, -0.15) is 0 Å². The van der Waals surface area contributed by atoms with E-state index in [0.29, 0.717) is 17.5 Å². The quantitative estimate of drug-likeness (QED) is 0.724. The van der Waals surface area contributed by atoms with E-state index in [2.05, 4.69) is 20.3 Å². The number of carbonyl (C=O) groups is 1. The van der Waals surface area contributed by atoms with Crippen molar-refractivity contribution in [2.45, 2.75) is 64.2 Å². The summed E-state index contributed by atoms with van der Waals surface area (Å²) >= 11 is 0. The van der Waals surface area contributed by atoms with E-state index in [4.69, 9.17) is 18.8 Å². The van der Waals surface area contributed by atoms with Crippen molar-refractivity contribution in [2.75, 3.05) is 11.9 Å². The molecule has 12 heteroatoms. The third-order valence-electron chi connectivity index (χ3n) is 4.67. The number of carbonyl (C=O) groups excluding carboxylic acids is 1. The van der Waals surface area contributed by atoms with Crippen LogP contribution in [0.2, 0.25) is 6.32 Å². The summed E-state index contributed by atoms with van der Waals surface area (Å²) in [5.74, 6) is 0.228. The van der Waals surface area contributed by atoms with E-state index >= 15 is 0 Å². The summed E-state index contributed by atoms with van der Waals surface area (Å²) in [6.45, 7) is 7.09. The predicted molar refractivity (Wildman–Crippen MR) is 102 cm³/mol. The third-order valence-corrected chi connectivity index (χ3v) is 4.67. The molecule has 0 aromatic carbocycles. The van der Waals surface area contributed by atoms with Crippen LogP contribution in [-0.2, 0) is 18.8 Å². The zero-order valence-electron chi connectivity index (χ0n) is 16.7. The fourth-order valence-electron chi connectivity index (χ4n) is 3.49. The van der Waals surface area contributed by atoms with Gasteiger partial charge in [-0.1, -0.05) is 6.92 Å². The lowest BCUT2D eigenvalue weighted by Gasteiger charge is -2.20. The number of anilines is 1. The molecule has 156 valence electrons. The van der Waals surface area contributed by atoms with E-state index in [-0.39, 0.29) is 25.6 Å². The maximum Gasteiger partial charge on any atom is 0.457 e. The molecule has 1 amide bonds. The molecule has 2 N–H and O–H groups in total. The number of hydrogen-bond donors (Lipinski definition) is 2. The number of nitrogens with zero attached hydrogens (tertiary/aromatic N) is 4. The van der Waals surface area contributed by atoms with Crippen LogP contribution in [0.1, 0.15) is 33.9 Å². The molecule has 2 saturated heterocycles. The molecular formula is C17H24BN5O6. The predicted octanol–water partition coefficient (Wildman–Crippen LogP) is 1.36. The van der Waals surface area contributed by atoms with Gasteiger partial charge in [-0.25, -0.2) is 19.7 Å². The van der Waals surface area contributed by atoms with E-state index in [1.165, 1.54) is 6.33 Å². The van der Waals surface area contributed by atoms with Crippen molar-refractivity contribution in [3.8, 4) is 0 Å². The number of imidazole rings is 1. The molecule has 0 unspecified atom stereocenters. The number of hydrogen-bond acceptors (Lipinski definition) is 9. The molecule has 4 rings (SSSR count). The molecule has 2 aliphatic rings. The first-order valence-corrected chi connectivity index (χ1v) is 9.55. The fourth-order valence-corrected chi connectivity index (χ4v) is 3.49. The van der Waals surface area contributed by atoms with Crippen LogP contribution in [0.25, 0.3) is 11.2 Å². The molecular weight excluding hydrogens is 381 g/mol. The Hall–Kier alpha value is -2.28. The summed E-state index contributed by atoms with van der Waals surface area (Å²) in [6, 6.07) is 0. The van der Waals surface area contributed by atoms with E-state index in [1.807, 2.05) is 6.92 Å². The molecule has 2 aromatic rings. The molecule has 11 nitrogen and oxygen atoms in total. The highest BCUT2D eigenvalue weighted by Crippen LogP contribution is 2.40. The van der Waals surface area contributed by atoms with Crippen LogP contribution in [0.4, 0.5) is 10.6 Å². The molecule has 0 bridgehead atoms. The van der Waals surface area contributed by atoms with Crippen LogP contribution in [0, 0.1) is 0 Å². The van der Waals surface area contributed by atoms with Crippen molar-refractivity contribution in [3.63, 3.8) is 0 Å². The molecule has 2 aliphatic heterocycles. The average molecular weight is 405 g/mol. The van der Waals surface area contributed by atoms with Crippen LogP contribution in [0.3, 0.4) is 0 Å². The van der Waals surface area contributed by atoms with Gasteiger partial charge in [0.15, 0.2) is 23.2 Å². The molecule has 0 aliphatic carbocycles. The topological polar surface area (TPSA) is 130 Å². The largest absolute Gasteiger partial charge is 0.457 e. The van der Waals surface area contributed by atoms with Crippen molar-refractivity contribution >= 4 is 30.2 Å². The van der Waals surface area contributed by atoms with Gasteiger partial charge in [0.05, 0.1) is 12.9 Å². The first-order chi connectivity index (χ1) is 13.8. The second kappa shape index (κ2) is 7.52. The Bertz CT molecular complexity index is 902. The second-order valence-electron chi connectivity index (χ2n) is 7.96. The molecule has 4 heterocycles. The Balaban J connectivity index is 1.62. The van der Waals surface area contributed by atoms with Gasteiger partial charge in [-0.05, 0) is 27.1 Å². The van der Waals surface area contributed by atoms with Crippen LogP contribution in [-0.4, -0.2) is 68.4 Å². The molecule has 0 radical (unpaired) electrons. The van der Waals surface area contributed by atoms with Gasteiger partial charge in [0.25, 0.3) is 0 Å². The Morgan fingerprint density at radius 1 is 1.31 bits per heavy atom. The van der Waals surface area contributed by atoms with Crippen LogP contribution < -0.4 is 5.32 Å². The van der Waals surface area contributed by atoms with E-state index in [0.717, 1.165) is 0 Å². The number of aliphatic hydroxyl groups is 1. The first kappa shape index (κ1) is 20.0. The number of ether oxygens (including phenoxy) is 2. The Labute approximate surface area is 167 Å².